The monoisotopic (exact) mass is 457 g/mol. The molecular formula is C23H27N3O5S. The molecule has 32 heavy (non-hydrogen) atoms. The average Bonchev–Trinajstić information content (AvgIpc) is 3.36. The zero-order valence-electron chi connectivity index (χ0n) is 17.8. The molecule has 0 radical (unpaired) electrons. The summed E-state index contributed by atoms with van der Waals surface area (Å²) in [6, 6.07) is 6.14. The number of nitrogens with zero attached hydrogens (tertiary/aromatic N) is 2. The summed E-state index contributed by atoms with van der Waals surface area (Å²) in [7, 11) is -3.64. The zero-order valence-corrected chi connectivity index (χ0v) is 18.6. The maximum atomic E-state index is 13.0. The Labute approximate surface area is 187 Å². The summed E-state index contributed by atoms with van der Waals surface area (Å²) in [4.78, 5) is 39.4. The van der Waals surface area contributed by atoms with Crippen LogP contribution in [0.3, 0.4) is 0 Å². The Morgan fingerprint density at radius 2 is 1.59 bits per heavy atom. The topological polar surface area (TPSA) is 104 Å². The number of imide groups is 1. The number of allylic oxidation sites excluding steroid dienone is 2. The van der Waals surface area contributed by atoms with Crippen LogP contribution in [0.1, 0.15) is 32.1 Å². The molecule has 4 aliphatic rings. The van der Waals surface area contributed by atoms with E-state index >= 15 is 0 Å². The van der Waals surface area contributed by atoms with E-state index in [1.54, 1.807) is 12.1 Å². The third-order valence-electron chi connectivity index (χ3n) is 7.18. The molecule has 5 rings (SSSR count). The molecule has 0 aromatic heterocycles. The zero-order chi connectivity index (χ0) is 22.5. The number of hydrogen-bond donors (Lipinski definition) is 1. The second kappa shape index (κ2) is 8.12. The number of nitrogens with one attached hydrogen (secondary N) is 1. The minimum Gasteiger partial charge on any atom is -0.324 e. The van der Waals surface area contributed by atoms with Gasteiger partial charge in [0.25, 0.3) is 0 Å². The number of likely N-dealkylation sites (tertiary alicyclic amines) is 1. The Bertz CT molecular complexity index is 1060. The van der Waals surface area contributed by atoms with Crippen LogP contribution in [0.25, 0.3) is 0 Å². The van der Waals surface area contributed by atoms with E-state index in [0.717, 1.165) is 37.0 Å². The van der Waals surface area contributed by atoms with Crippen LogP contribution in [-0.4, -0.2) is 55.0 Å². The lowest BCUT2D eigenvalue weighted by Crippen LogP contribution is -2.39. The number of benzene rings is 1. The normalized spacial score (nSPS) is 29.9. The first-order valence-electron chi connectivity index (χ1n) is 11.3. The molecule has 1 saturated carbocycles. The summed E-state index contributed by atoms with van der Waals surface area (Å²) < 4.78 is 27.6. The number of hydrogen-bond acceptors (Lipinski definition) is 5. The smallest absolute Gasteiger partial charge is 0.244 e. The Hall–Kier alpha value is -2.52. The highest BCUT2D eigenvalue weighted by atomic mass is 32.2. The van der Waals surface area contributed by atoms with E-state index < -0.39 is 15.9 Å². The van der Waals surface area contributed by atoms with Crippen molar-refractivity contribution >= 4 is 33.4 Å². The SMILES string of the molecule is O=C(CN1C(=O)C2C3C=CC(C3)C2C1=O)Nc1cccc(S(=O)(=O)N2CCCCCC2)c1. The second-order valence-electron chi connectivity index (χ2n) is 9.16. The number of carbonyl (C=O) groups excluding carboxylic acids is 3. The lowest BCUT2D eigenvalue weighted by Gasteiger charge is -2.20. The molecule has 170 valence electrons. The fourth-order valence-corrected chi connectivity index (χ4v) is 7.19. The third kappa shape index (κ3) is 3.57. The second-order valence-corrected chi connectivity index (χ2v) is 11.1. The van der Waals surface area contributed by atoms with Gasteiger partial charge in [0.05, 0.1) is 16.7 Å². The van der Waals surface area contributed by atoms with Gasteiger partial charge >= 0.3 is 0 Å². The number of anilines is 1. The highest BCUT2D eigenvalue weighted by Crippen LogP contribution is 2.52. The highest BCUT2D eigenvalue weighted by Gasteiger charge is 2.59. The van der Waals surface area contributed by atoms with Crippen molar-refractivity contribution in [2.24, 2.45) is 23.7 Å². The van der Waals surface area contributed by atoms with Gasteiger partial charge in [0.15, 0.2) is 0 Å². The van der Waals surface area contributed by atoms with Crippen molar-refractivity contribution in [1.29, 1.82) is 0 Å². The maximum Gasteiger partial charge on any atom is 0.244 e. The lowest BCUT2D eigenvalue weighted by molar-refractivity contribution is -0.143. The van der Waals surface area contributed by atoms with Gasteiger partial charge in [-0.05, 0) is 49.3 Å². The van der Waals surface area contributed by atoms with Gasteiger partial charge in [-0.25, -0.2) is 8.42 Å². The fourth-order valence-electron chi connectivity index (χ4n) is 5.63. The van der Waals surface area contributed by atoms with Crippen LogP contribution in [0.4, 0.5) is 5.69 Å². The van der Waals surface area contributed by atoms with Gasteiger partial charge in [-0.3, -0.25) is 19.3 Å². The first-order valence-corrected chi connectivity index (χ1v) is 12.7. The van der Waals surface area contributed by atoms with Gasteiger partial charge in [-0.2, -0.15) is 4.31 Å². The van der Waals surface area contributed by atoms with Crippen molar-refractivity contribution in [3.63, 3.8) is 0 Å². The summed E-state index contributed by atoms with van der Waals surface area (Å²) >= 11 is 0. The summed E-state index contributed by atoms with van der Waals surface area (Å²) in [5, 5.41) is 2.66. The molecule has 9 heteroatoms. The molecule has 2 heterocycles. The molecule has 2 aliphatic heterocycles. The summed E-state index contributed by atoms with van der Waals surface area (Å²) in [5.74, 6) is -1.56. The number of sulfonamides is 1. The minimum absolute atomic E-state index is 0.0930. The van der Waals surface area contributed by atoms with Crippen molar-refractivity contribution in [2.45, 2.75) is 37.0 Å². The Kier molecular flexibility index (Phi) is 5.41. The van der Waals surface area contributed by atoms with Crippen LogP contribution in [0.5, 0.6) is 0 Å². The molecule has 8 nitrogen and oxygen atoms in total. The molecule has 1 aromatic carbocycles. The standard InChI is InChI=1S/C23H27N3O5S/c27-19(14-26-22(28)20-15-8-9-16(12-15)21(20)23(26)29)24-17-6-5-7-18(13-17)32(30,31)25-10-3-1-2-4-11-25/h5-9,13,15-16,20-21H,1-4,10-12,14H2,(H,24,27). The van der Waals surface area contributed by atoms with Gasteiger partial charge in [0.1, 0.15) is 6.54 Å². The fraction of sp³-hybridized carbons (Fsp3) is 0.522. The predicted molar refractivity (Wildman–Crippen MR) is 117 cm³/mol. The van der Waals surface area contributed by atoms with Crippen LogP contribution < -0.4 is 5.32 Å². The Morgan fingerprint density at radius 3 is 2.22 bits per heavy atom. The van der Waals surface area contributed by atoms with Crippen LogP contribution in [-0.2, 0) is 24.4 Å². The van der Waals surface area contributed by atoms with E-state index in [-0.39, 0.29) is 46.9 Å². The number of fused-ring (bicyclic) bond motifs is 5. The maximum absolute atomic E-state index is 13.0. The largest absolute Gasteiger partial charge is 0.324 e. The quantitative estimate of drug-likeness (QED) is 0.538. The minimum atomic E-state index is -3.64. The van der Waals surface area contributed by atoms with Gasteiger partial charge in [0, 0.05) is 18.8 Å². The summed E-state index contributed by atoms with van der Waals surface area (Å²) in [6.45, 7) is 0.641. The number of amides is 3. The molecule has 3 amide bonds. The summed E-state index contributed by atoms with van der Waals surface area (Å²) in [6.07, 6.45) is 8.59. The van der Waals surface area contributed by atoms with Crippen molar-refractivity contribution in [1.82, 2.24) is 9.21 Å². The van der Waals surface area contributed by atoms with E-state index in [1.165, 1.54) is 16.4 Å². The molecule has 1 aromatic rings. The third-order valence-corrected chi connectivity index (χ3v) is 9.08. The number of carbonyl (C=O) groups is 3. The number of rotatable bonds is 5. The van der Waals surface area contributed by atoms with Crippen LogP contribution in [0.2, 0.25) is 0 Å². The van der Waals surface area contributed by atoms with Gasteiger partial charge in [-0.15, -0.1) is 0 Å². The highest BCUT2D eigenvalue weighted by molar-refractivity contribution is 7.89. The molecule has 2 aliphatic carbocycles. The van der Waals surface area contributed by atoms with Gasteiger partial charge < -0.3 is 5.32 Å². The first kappa shape index (κ1) is 21.3. The molecule has 2 saturated heterocycles. The molecule has 3 fully saturated rings. The Morgan fingerprint density at radius 1 is 0.969 bits per heavy atom. The average molecular weight is 458 g/mol. The Balaban J connectivity index is 1.27. The van der Waals surface area contributed by atoms with Crippen molar-refractivity contribution in [2.75, 3.05) is 25.0 Å². The van der Waals surface area contributed by atoms with Crippen molar-refractivity contribution < 1.29 is 22.8 Å². The van der Waals surface area contributed by atoms with E-state index in [9.17, 15) is 22.8 Å². The van der Waals surface area contributed by atoms with Gasteiger partial charge in [-0.1, -0.05) is 31.1 Å². The molecule has 0 spiro atoms. The molecule has 4 atom stereocenters. The molecular weight excluding hydrogens is 430 g/mol. The van der Waals surface area contributed by atoms with Crippen molar-refractivity contribution in [3.8, 4) is 0 Å². The lowest BCUT2D eigenvalue weighted by atomic mass is 9.85. The molecule has 2 bridgehead atoms. The van der Waals surface area contributed by atoms with E-state index in [1.807, 2.05) is 12.2 Å². The van der Waals surface area contributed by atoms with Gasteiger partial charge in [0.2, 0.25) is 27.7 Å². The molecule has 1 N–H and O–H groups in total. The van der Waals surface area contributed by atoms with Crippen molar-refractivity contribution in [3.05, 3.63) is 36.4 Å². The van der Waals surface area contributed by atoms with Crippen LogP contribution in [0.15, 0.2) is 41.3 Å². The predicted octanol–water partition coefficient (Wildman–Crippen LogP) is 2.00. The first-order chi connectivity index (χ1) is 15.4. The molecule has 4 unspecified atom stereocenters. The van der Waals surface area contributed by atoms with E-state index in [2.05, 4.69) is 5.32 Å². The van der Waals surface area contributed by atoms with E-state index in [4.69, 9.17) is 0 Å². The van der Waals surface area contributed by atoms with Crippen LogP contribution in [0, 0.1) is 23.7 Å². The van der Waals surface area contributed by atoms with E-state index in [0.29, 0.717) is 18.8 Å². The van der Waals surface area contributed by atoms with Crippen LogP contribution >= 0.6 is 0 Å². The summed E-state index contributed by atoms with van der Waals surface area (Å²) in [5.41, 5.74) is 0.326.